The van der Waals surface area contributed by atoms with E-state index in [2.05, 4.69) is 48.4 Å². The number of fused-ring (bicyclic) bond motifs is 1. The van der Waals surface area contributed by atoms with Gasteiger partial charge in [0.15, 0.2) is 0 Å². The lowest BCUT2D eigenvalue weighted by atomic mass is 9.86. The summed E-state index contributed by atoms with van der Waals surface area (Å²) < 4.78 is 0. The van der Waals surface area contributed by atoms with Gasteiger partial charge in [0, 0.05) is 55.0 Å². The highest BCUT2D eigenvalue weighted by Gasteiger charge is 2.37. The van der Waals surface area contributed by atoms with Crippen LogP contribution in [-0.4, -0.2) is 72.7 Å². The predicted molar refractivity (Wildman–Crippen MR) is 131 cm³/mol. The number of anilines is 1. The van der Waals surface area contributed by atoms with Crippen molar-refractivity contribution in [3.05, 3.63) is 40.5 Å². The van der Waals surface area contributed by atoms with Crippen LogP contribution in [0.4, 0.5) is 5.69 Å². The van der Waals surface area contributed by atoms with Crippen molar-refractivity contribution in [1.82, 2.24) is 15.3 Å². The number of piperidine rings is 1. The first kappa shape index (κ1) is 21.2. The van der Waals surface area contributed by atoms with Crippen LogP contribution in [0.2, 0.25) is 0 Å². The van der Waals surface area contributed by atoms with Crippen LogP contribution in [0.1, 0.15) is 37.3 Å². The Kier molecular flexibility index (Phi) is 5.51. The molecule has 0 bridgehead atoms. The van der Waals surface area contributed by atoms with Gasteiger partial charge in [-0.15, -0.1) is 0 Å². The number of hydrogen-bond donors (Lipinski definition) is 3. The van der Waals surface area contributed by atoms with Gasteiger partial charge < -0.3 is 16.4 Å². The number of aliphatic imine (C=N–C) groups is 3. The highest BCUT2D eigenvalue weighted by molar-refractivity contribution is 6.19. The van der Waals surface area contributed by atoms with Crippen LogP contribution in [0.5, 0.6) is 0 Å². The monoisotopic (exact) mass is 434 g/mol. The maximum Gasteiger partial charge on any atom is 0.221 e. The lowest BCUT2D eigenvalue weighted by molar-refractivity contribution is 0.310. The Hall–Kier alpha value is -2.71. The van der Waals surface area contributed by atoms with Crippen molar-refractivity contribution >= 4 is 23.2 Å². The Morgan fingerprint density at radius 2 is 1.91 bits per heavy atom. The smallest absolute Gasteiger partial charge is 0.221 e. The van der Waals surface area contributed by atoms with E-state index in [4.69, 9.17) is 26.4 Å². The van der Waals surface area contributed by atoms with E-state index in [0.717, 1.165) is 66.7 Å². The number of likely N-dealkylation sites (tertiary alicyclic amines) is 1. The molecule has 170 valence electrons. The molecule has 5 N–H and O–H groups in total. The molecule has 5 rings (SSSR count). The summed E-state index contributed by atoms with van der Waals surface area (Å²) >= 11 is 0. The van der Waals surface area contributed by atoms with Crippen LogP contribution >= 0.6 is 0 Å². The standard InChI is InChI=1S/C24H34N8/c1-14-10-16(4-5-21(14)26)22-20(13-28-24(29-22)32-8-6-18(25)7-9-32)17-11-19-15(2)30-31(3)23(19)27-12-17/h4-5,10,15,18-19,30H,6-9,11-13,25-26H2,1-3H3/b20-17-. The quantitative estimate of drug-likeness (QED) is 0.583. The molecule has 8 heteroatoms. The number of aryl methyl sites for hydroxylation is 1. The Morgan fingerprint density at radius 1 is 1.12 bits per heavy atom. The van der Waals surface area contributed by atoms with Crippen molar-refractivity contribution in [2.75, 3.05) is 39.0 Å². The van der Waals surface area contributed by atoms with E-state index in [0.29, 0.717) is 25.0 Å². The number of amidine groups is 1. The molecule has 1 aromatic carbocycles. The average molecular weight is 435 g/mol. The van der Waals surface area contributed by atoms with Gasteiger partial charge in [-0.2, -0.15) is 0 Å². The van der Waals surface area contributed by atoms with E-state index in [9.17, 15) is 0 Å². The van der Waals surface area contributed by atoms with Crippen molar-refractivity contribution < 1.29 is 0 Å². The van der Waals surface area contributed by atoms with Gasteiger partial charge >= 0.3 is 0 Å². The summed E-state index contributed by atoms with van der Waals surface area (Å²) in [6.45, 7) is 7.45. The lowest BCUT2D eigenvalue weighted by Gasteiger charge is -2.33. The molecule has 2 atom stereocenters. The third-order valence-electron chi connectivity index (χ3n) is 7.24. The number of hydrogen-bond acceptors (Lipinski definition) is 8. The maximum absolute atomic E-state index is 6.12. The summed E-state index contributed by atoms with van der Waals surface area (Å²) in [7, 11) is 2.05. The molecule has 2 fully saturated rings. The van der Waals surface area contributed by atoms with Crippen LogP contribution in [0.15, 0.2) is 44.3 Å². The topological polar surface area (TPSA) is 108 Å². The first-order chi connectivity index (χ1) is 15.4. The number of hydrazine groups is 1. The van der Waals surface area contributed by atoms with Gasteiger partial charge in [-0.1, -0.05) is 6.07 Å². The molecule has 0 aromatic heterocycles. The Morgan fingerprint density at radius 3 is 2.66 bits per heavy atom. The molecule has 0 saturated carbocycles. The minimum atomic E-state index is 0.283. The zero-order valence-electron chi connectivity index (χ0n) is 19.3. The molecular weight excluding hydrogens is 400 g/mol. The van der Waals surface area contributed by atoms with E-state index in [1.165, 1.54) is 11.1 Å². The fourth-order valence-corrected chi connectivity index (χ4v) is 5.19. The van der Waals surface area contributed by atoms with Crippen LogP contribution in [0, 0.1) is 12.8 Å². The van der Waals surface area contributed by atoms with Gasteiger partial charge in [0.05, 0.1) is 18.8 Å². The van der Waals surface area contributed by atoms with Crippen molar-refractivity contribution in [2.24, 2.45) is 26.6 Å². The van der Waals surface area contributed by atoms with Crippen LogP contribution in [0.3, 0.4) is 0 Å². The summed E-state index contributed by atoms with van der Waals surface area (Å²) in [5.74, 6) is 2.38. The predicted octanol–water partition coefficient (Wildman–Crippen LogP) is 1.71. The fraction of sp³-hybridized carbons (Fsp3) is 0.542. The van der Waals surface area contributed by atoms with E-state index < -0.39 is 0 Å². The molecule has 2 unspecified atom stereocenters. The zero-order valence-corrected chi connectivity index (χ0v) is 19.3. The summed E-state index contributed by atoms with van der Waals surface area (Å²) in [4.78, 5) is 17.3. The molecule has 0 aliphatic carbocycles. The van der Waals surface area contributed by atoms with Crippen molar-refractivity contribution in [3.8, 4) is 0 Å². The Balaban J connectivity index is 1.53. The third kappa shape index (κ3) is 3.82. The van der Waals surface area contributed by atoms with Gasteiger partial charge in [0.2, 0.25) is 5.96 Å². The van der Waals surface area contributed by atoms with Crippen LogP contribution < -0.4 is 16.9 Å². The lowest BCUT2D eigenvalue weighted by Crippen LogP contribution is -2.43. The van der Waals surface area contributed by atoms with E-state index in [1.807, 2.05) is 6.07 Å². The molecule has 0 spiro atoms. The number of rotatable bonds is 1. The van der Waals surface area contributed by atoms with Crippen LogP contribution in [0.25, 0.3) is 0 Å². The molecule has 8 nitrogen and oxygen atoms in total. The number of nitrogens with two attached hydrogens (primary N) is 2. The minimum absolute atomic E-state index is 0.283. The molecule has 4 heterocycles. The van der Waals surface area contributed by atoms with Crippen molar-refractivity contribution in [3.63, 3.8) is 0 Å². The largest absolute Gasteiger partial charge is 0.399 e. The summed E-state index contributed by atoms with van der Waals surface area (Å²) in [6, 6.07) is 6.87. The Bertz CT molecular complexity index is 1030. The maximum atomic E-state index is 6.12. The van der Waals surface area contributed by atoms with E-state index in [-0.39, 0.29) is 6.04 Å². The number of benzene rings is 1. The number of nitrogen functional groups attached to an aromatic ring is 1. The first-order valence-electron chi connectivity index (χ1n) is 11.7. The number of nitrogens with zero attached hydrogens (tertiary/aromatic N) is 5. The first-order valence-corrected chi connectivity index (χ1v) is 11.7. The van der Waals surface area contributed by atoms with E-state index >= 15 is 0 Å². The highest BCUT2D eigenvalue weighted by Crippen LogP contribution is 2.32. The summed E-state index contributed by atoms with van der Waals surface area (Å²) in [6.07, 6.45) is 2.95. The second-order valence-corrected chi connectivity index (χ2v) is 9.52. The second-order valence-electron chi connectivity index (χ2n) is 9.52. The molecule has 2 saturated heterocycles. The van der Waals surface area contributed by atoms with Crippen molar-refractivity contribution in [1.29, 1.82) is 0 Å². The van der Waals surface area contributed by atoms with Gasteiger partial charge in [-0.25, -0.2) is 15.4 Å². The van der Waals surface area contributed by atoms with Gasteiger partial charge in [-0.05, 0) is 56.4 Å². The molecule has 32 heavy (non-hydrogen) atoms. The van der Waals surface area contributed by atoms with Gasteiger partial charge in [0.25, 0.3) is 0 Å². The highest BCUT2D eigenvalue weighted by atomic mass is 15.6. The number of nitrogens with one attached hydrogen (secondary N) is 1. The summed E-state index contributed by atoms with van der Waals surface area (Å²) in [5.41, 5.74) is 22.3. The summed E-state index contributed by atoms with van der Waals surface area (Å²) in [5, 5.41) is 2.08. The second kappa shape index (κ2) is 8.33. The van der Waals surface area contributed by atoms with Crippen LogP contribution in [-0.2, 0) is 0 Å². The van der Waals surface area contributed by atoms with Gasteiger partial charge in [-0.3, -0.25) is 10.0 Å². The number of guanidine groups is 1. The third-order valence-corrected chi connectivity index (χ3v) is 7.24. The zero-order chi connectivity index (χ0) is 22.4. The average Bonchev–Trinajstić information content (AvgIpc) is 3.08. The molecule has 1 aromatic rings. The molecular formula is C24H34N8. The minimum Gasteiger partial charge on any atom is -0.399 e. The molecule has 0 amide bonds. The molecule has 0 radical (unpaired) electrons. The SMILES string of the molecule is Cc1cc(C2=NC(N3CCC(N)CC3)=NC/C2=C2/CN=C3C(C2)C(C)NN3C)ccc1N. The van der Waals surface area contributed by atoms with E-state index in [1.54, 1.807) is 0 Å². The Labute approximate surface area is 190 Å². The molecule has 4 aliphatic rings. The fourth-order valence-electron chi connectivity index (χ4n) is 5.19. The normalized spacial score (nSPS) is 28.9. The van der Waals surface area contributed by atoms with Crippen molar-refractivity contribution in [2.45, 2.75) is 45.2 Å². The molecule has 4 aliphatic heterocycles. The van der Waals surface area contributed by atoms with Gasteiger partial charge in [0.1, 0.15) is 5.84 Å².